The fraction of sp³-hybridized carbons (Fsp3) is 0.346. The molecule has 160 valence electrons. The number of aromatic nitrogens is 1. The minimum absolute atomic E-state index is 0.129. The van der Waals surface area contributed by atoms with Gasteiger partial charge in [0.25, 0.3) is 5.56 Å². The largest absolute Gasteiger partial charge is 0.436 e. The monoisotopic (exact) mass is 406 g/mol. The molecule has 3 aromatic rings. The number of hydrogen-bond donors (Lipinski definition) is 0. The van der Waals surface area contributed by atoms with Crippen molar-refractivity contribution in [2.75, 3.05) is 18.0 Å². The van der Waals surface area contributed by atoms with Gasteiger partial charge in [0.2, 0.25) is 0 Å². The second-order valence-corrected chi connectivity index (χ2v) is 7.05. The first kappa shape index (κ1) is 23.3. The summed E-state index contributed by atoms with van der Waals surface area (Å²) in [6.07, 6.45) is 4.21. The maximum atomic E-state index is 12.1. The van der Waals surface area contributed by atoms with Gasteiger partial charge in [-0.3, -0.25) is 9.36 Å². The number of hydrogen-bond acceptors (Lipinski definition) is 3. The molecule has 0 aliphatic carbocycles. The molecule has 0 bridgehead atoms. The molecule has 30 heavy (non-hydrogen) atoms. The van der Waals surface area contributed by atoms with Crippen LogP contribution < -0.4 is 21.4 Å². The van der Waals surface area contributed by atoms with Crippen molar-refractivity contribution in [1.82, 2.24) is 4.57 Å². The van der Waals surface area contributed by atoms with Crippen LogP contribution in [0.4, 0.5) is 5.69 Å². The Hall–Kier alpha value is -3.01. The quantitative estimate of drug-likeness (QED) is 0.591. The van der Waals surface area contributed by atoms with Crippen LogP contribution in [0.2, 0.25) is 0 Å². The molecular weight excluding hydrogens is 372 g/mol. The summed E-state index contributed by atoms with van der Waals surface area (Å²) in [5.41, 5.74) is 4.17. The standard InChI is InChI=1S/C17H22N2O2.C9H12/c1-5-18(6-2)15-10-8-14(9-11-15)12-16-17(20)19(7-3)13(4)21-16;1-2-6-9-7-4-3-5-8-9/h8-12H,4-7H2,1-3H3;3-5,7-8H,2,6H2,1H3/b16-12+;. The highest BCUT2D eigenvalue weighted by Gasteiger charge is 2.04. The lowest BCUT2D eigenvalue weighted by molar-refractivity contribution is 0.469. The number of rotatable bonds is 7. The van der Waals surface area contributed by atoms with Crippen molar-refractivity contribution in [2.45, 2.75) is 47.1 Å². The Morgan fingerprint density at radius 1 is 0.967 bits per heavy atom. The molecule has 0 saturated heterocycles. The van der Waals surface area contributed by atoms with Crippen LogP contribution in [0.15, 0.2) is 63.8 Å². The second-order valence-electron chi connectivity index (χ2n) is 7.05. The van der Waals surface area contributed by atoms with Crippen LogP contribution in [0.1, 0.15) is 45.2 Å². The Morgan fingerprint density at radius 2 is 1.60 bits per heavy atom. The minimum Gasteiger partial charge on any atom is -0.436 e. The fourth-order valence-corrected chi connectivity index (χ4v) is 3.34. The maximum Gasteiger partial charge on any atom is 0.296 e. The third-order valence-corrected chi connectivity index (χ3v) is 5.00. The average molecular weight is 407 g/mol. The Bertz CT molecular complexity index is 1040. The first-order valence-corrected chi connectivity index (χ1v) is 10.8. The molecule has 3 rings (SSSR count). The molecule has 0 atom stereocenters. The van der Waals surface area contributed by atoms with Gasteiger partial charge < -0.3 is 9.32 Å². The molecule has 0 aliphatic rings. The Balaban J connectivity index is 0.000000297. The zero-order valence-corrected chi connectivity index (χ0v) is 18.7. The normalized spacial score (nSPS) is 11.1. The number of aryl methyl sites for hydroxylation is 1. The molecule has 0 saturated carbocycles. The van der Waals surface area contributed by atoms with E-state index in [1.54, 1.807) is 6.08 Å². The molecule has 4 heteroatoms. The highest BCUT2D eigenvalue weighted by molar-refractivity contribution is 5.55. The highest BCUT2D eigenvalue weighted by atomic mass is 16.4. The topological polar surface area (TPSA) is 38.4 Å². The number of benzene rings is 2. The predicted molar refractivity (Wildman–Crippen MR) is 127 cm³/mol. The van der Waals surface area contributed by atoms with E-state index in [9.17, 15) is 4.79 Å². The summed E-state index contributed by atoms with van der Waals surface area (Å²) in [7, 11) is 0. The Morgan fingerprint density at radius 3 is 2.10 bits per heavy atom. The van der Waals surface area contributed by atoms with Gasteiger partial charge in [-0.1, -0.05) is 55.8 Å². The molecule has 1 heterocycles. The van der Waals surface area contributed by atoms with Crippen molar-refractivity contribution in [2.24, 2.45) is 0 Å². The van der Waals surface area contributed by atoms with E-state index in [1.807, 2.05) is 19.1 Å². The van der Waals surface area contributed by atoms with Gasteiger partial charge in [0, 0.05) is 25.3 Å². The van der Waals surface area contributed by atoms with E-state index in [2.05, 4.69) is 74.7 Å². The molecule has 0 radical (unpaired) electrons. The van der Waals surface area contributed by atoms with Crippen LogP contribution in [0.5, 0.6) is 0 Å². The summed E-state index contributed by atoms with van der Waals surface area (Å²) in [4.78, 5) is 14.4. The van der Waals surface area contributed by atoms with Crippen molar-refractivity contribution in [3.05, 3.63) is 87.0 Å². The van der Waals surface area contributed by atoms with Gasteiger partial charge in [-0.15, -0.1) is 0 Å². The summed E-state index contributed by atoms with van der Waals surface area (Å²) in [6.45, 7) is 14.6. The summed E-state index contributed by atoms with van der Waals surface area (Å²) < 4.78 is 6.96. The number of anilines is 1. The number of oxazole rings is 1. The Kier molecular flexibility index (Phi) is 9.20. The van der Waals surface area contributed by atoms with E-state index in [-0.39, 0.29) is 5.56 Å². The van der Waals surface area contributed by atoms with E-state index in [4.69, 9.17) is 4.42 Å². The van der Waals surface area contributed by atoms with E-state index < -0.39 is 0 Å². The van der Waals surface area contributed by atoms with Gasteiger partial charge in [-0.05, 0) is 63.1 Å². The molecule has 0 spiro atoms. The smallest absolute Gasteiger partial charge is 0.296 e. The van der Waals surface area contributed by atoms with E-state index in [0.717, 1.165) is 18.7 Å². The molecule has 0 unspecified atom stereocenters. The van der Waals surface area contributed by atoms with Crippen molar-refractivity contribution in [3.63, 3.8) is 0 Å². The molecule has 0 fully saturated rings. The van der Waals surface area contributed by atoms with Crippen molar-refractivity contribution in [3.8, 4) is 0 Å². The summed E-state index contributed by atoms with van der Waals surface area (Å²) in [5.74, 6) is 0. The van der Waals surface area contributed by atoms with E-state index in [1.165, 1.54) is 28.7 Å². The van der Waals surface area contributed by atoms with Crippen molar-refractivity contribution < 1.29 is 4.42 Å². The zero-order chi connectivity index (χ0) is 21.9. The fourth-order valence-electron chi connectivity index (χ4n) is 3.34. The predicted octanol–water partition coefficient (Wildman–Crippen LogP) is 4.19. The van der Waals surface area contributed by atoms with E-state index in [0.29, 0.717) is 17.5 Å². The lowest BCUT2D eigenvalue weighted by Crippen LogP contribution is -2.30. The summed E-state index contributed by atoms with van der Waals surface area (Å²) in [6, 6.07) is 18.7. The molecule has 0 N–H and O–H groups in total. The van der Waals surface area contributed by atoms with Gasteiger partial charge in [-0.2, -0.15) is 0 Å². The van der Waals surface area contributed by atoms with E-state index >= 15 is 0 Å². The van der Waals surface area contributed by atoms with Crippen LogP contribution in [-0.2, 0) is 13.0 Å². The molecule has 4 nitrogen and oxygen atoms in total. The van der Waals surface area contributed by atoms with Crippen LogP contribution >= 0.6 is 0 Å². The van der Waals surface area contributed by atoms with Gasteiger partial charge in [0.15, 0.2) is 11.0 Å². The zero-order valence-electron chi connectivity index (χ0n) is 18.7. The summed E-state index contributed by atoms with van der Waals surface area (Å²) >= 11 is 0. The van der Waals surface area contributed by atoms with Crippen LogP contribution in [0, 0.1) is 0 Å². The van der Waals surface area contributed by atoms with Crippen molar-refractivity contribution >= 4 is 18.3 Å². The molecule has 0 amide bonds. The first-order valence-electron chi connectivity index (χ1n) is 10.8. The highest BCUT2D eigenvalue weighted by Crippen LogP contribution is 2.15. The van der Waals surface area contributed by atoms with Crippen LogP contribution in [-0.4, -0.2) is 17.7 Å². The second kappa shape index (κ2) is 11.9. The molecular formula is C26H34N2O2. The Labute approximate surface area is 179 Å². The third-order valence-electron chi connectivity index (χ3n) is 5.00. The molecule has 2 aromatic carbocycles. The first-order chi connectivity index (χ1) is 14.5. The molecule has 1 aromatic heterocycles. The van der Waals surface area contributed by atoms with Crippen molar-refractivity contribution in [1.29, 1.82) is 0 Å². The van der Waals surface area contributed by atoms with Crippen LogP contribution in [0.3, 0.4) is 0 Å². The van der Waals surface area contributed by atoms with Gasteiger partial charge in [0.05, 0.1) is 0 Å². The molecule has 0 aliphatic heterocycles. The minimum atomic E-state index is -0.129. The van der Waals surface area contributed by atoms with Crippen LogP contribution in [0.25, 0.3) is 12.7 Å². The van der Waals surface area contributed by atoms with Gasteiger partial charge in [-0.25, -0.2) is 0 Å². The summed E-state index contributed by atoms with van der Waals surface area (Å²) in [5, 5.41) is 0. The average Bonchev–Trinajstić information content (AvgIpc) is 3.04. The third kappa shape index (κ3) is 6.24. The lowest BCUT2D eigenvalue weighted by atomic mass is 10.1. The lowest BCUT2D eigenvalue weighted by Gasteiger charge is -2.20. The maximum absolute atomic E-state index is 12.1. The van der Waals surface area contributed by atoms with Gasteiger partial charge >= 0.3 is 0 Å². The number of nitrogens with zero attached hydrogens (tertiary/aromatic N) is 2. The SMILES string of the molecule is C=c1o/c(=C/c2ccc(N(CC)CC)cc2)c(=O)n1CC.CCCc1ccccc1. The van der Waals surface area contributed by atoms with Gasteiger partial charge in [0.1, 0.15) is 0 Å².